The lowest BCUT2D eigenvalue weighted by molar-refractivity contribution is 0.148. The summed E-state index contributed by atoms with van der Waals surface area (Å²) in [5, 5.41) is 0. The van der Waals surface area contributed by atoms with E-state index >= 15 is 0 Å². The van der Waals surface area contributed by atoms with Crippen molar-refractivity contribution in [1.82, 2.24) is 0 Å². The van der Waals surface area contributed by atoms with E-state index in [1.165, 1.54) is 0 Å². The van der Waals surface area contributed by atoms with E-state index < -0.39 is 5.92 Å². The van der Waals surface area contributed by atoms with E-state index in [1.807, 2.05) is 0 Å². The minimum Gasteiger partial charge on any atom is -0.195 e. The first-order valence-corrected chi connectivity index (χ1v) is 3.09. The third-order valence-electron chi connectivity index (χ3n) is 0.682. The number of hydrogen-bond acceptors (Lipinski definition) is 0. The monoisotopic (exact) mass is 232 g/mol. The van der Waals surface area contributed by atoms with Crippen LogP contribution in [-0.2, 0) is 0 Å². The molecule has 0 nitrogen and oxygen atoms in total. The van der Waals surface area contributed by atoms with Crippen LogP contribution in [0.1, 0.15) is 0 Å². The van der Waals surface area contributed by atoms with E-state index in [2.05, 4.69) is 31.9 Å². The third kappa shape index (κ3) is 0.643. The van der Waals surface area contributed by atoms with E-state index in [4.69, 9.17) is 0 Å². The first kappa shape index (κ1) is 5.69. The molecule has 40 valence electrons. The smallest absolute Gasteiger partial charge is 0.195 e. The summed E-state index contributed by atoms with van der Waals surface area (Å²) in [5.41, 5.74) is 0. The van der Waals surface area contributed by atoms with Gasteiger partial charge >= 0.3 is 5.92 Å². The van der Waals surface area contributed by atoms with E-state index in [1.54, 1.807) is 0 Å². The van der Waals surface area contributed by atoms with Crippen molar-refractivity contribution in [2.75, 3.05) is 0 Å². The quantitative estimate of drug-likeness (QED) is 0.604. The molecule has 4 heteroatoms. The molecule has 0 N–H and O–H groups in total. The maximum atomic E-state index is 11.8. The van der Waals surface area contributed by atoms with Crippen molar-refractivity contribution in [3.8, 4) is 0 Å². The predicted octanol–water partition coefficient (Wildman–Crippen LogP) is 2.64. The maximum Gasteiger partial charge on any atom is 0.313 e. The SMILES string of the molecule is FC1(F)C(Br)=C1Br. The Morgan fingerprint density at radius 2 is 1.29 bits per heavy atom. The summed E-state index contributed by atoms with van der Waals surface area (Å²) in [7, 11) is 0. The van der Waals surface area contributed by atoms with Gasteiger partial charge in [-0.15, -0.1) is 0 Å². The summed E-state index contributed by atoms with van der Waals surface area (Å²) in [6.07, 6.45) is 0. The molecule has 0 unspecified atom stereocenters. The molecule has 0 radical (unpaired) electrons. The average Bonchev–Trinajstić information content (AvgIpc) is 1.91. The fourth-order valence-corrected chi connectivity index (χ4v) is 1.15. The Morgan fingerprint density at radius 3 is 1.29 bits per heavy atom. The molecule has 0 fully saturated rings. The second-order valence-electron chi connectivity index (χ2n) is 1.20. The van der Waals surface area contributed by atoms with Gasteiger partial charge in [0.2, 0.25) is 0 Å². The zero-order valence-corrected chi connectivity index (χ0v) is 6.18. The zero-order valence-electron chi connectivity index (χ0n) is 3.01. The van der Waals surface area contributed by atoms with Gasteiger partial charge in [0.05, 0.1) is 8.96 Å². The van der Waals surface area contributed by atoms with Crippen LogP contribution < -0.4 is 0 Å². The van der Waals surface area contributed by atoms with Crippen molar-refractivity contribution in [1.29, 1.82) is 0 Å². The largest absolute Gasteiger partial charge is 0.313 e. The van der Waals surface area contributed by atoms with Gasteiger partial charge in [0.15, 0.2) is 0 Å². The molecule has 1 aliphatic carbocycles. The molecule has 0 aromatic heterocycles. The molecule has 0 heterocycles. The van der Waals surface area contributed by atoms with Crippen LogP contribution in [0.15, 0.2) is 8.96 Å². The Kier molecular flexibility index (Phi) is 1.05. The molecular weight excluding hydrogens is 234 g/mol. The Morgan fingerprint density at radius 1 is 1.14 bits per heavy atom. The van der Waals surface area contributed by atoms with Crippen LogP contribution in [-0.4, -0.2) is 5.92 Å². The zero-order chi connectivity index (χ0) is 5.65. The highest BCUT2D eigenvalue weighted by atomic mass is 79.9. The molecule has 0 amide bonds. The summed E-state index contributed by atoms with van der Waals surface area (Å²) in [5.74, 6) is -2.67. The van der Waals surface area contributed by atoms with Crippen molar-refractivity contribution in [3.05, 3.63) is 8.96 Å². The Hall–Kier alpha value is 0.560. The van der Waals surface area contributed by atoms with Gasteiger partial charge in [0, 0.05) is 0 Å². The van der Waals surface area contributed by atoms with Crippen molar-refractivity contribution in [3.63, 3.8) is 0 Å². The van der Waals surface area contributed by atoms with Gasteiger partial charge in [-0.25, -0.2) is 0 Å². The van der Waals surface area contributed by atoms with Gasteiger partial charge in [-0.2, -0.15) is 8.78 Å². The van der Waals surface area contributed by atoms with Crippen LogP contribution in [0, 0.1) is 0 Å². The molecule has 0 saturated heterocycles. The van der Waals surface area contributed by atoms with E-state index in [9.17, 15) is 8.78 Å². The molecule has 0 aromatic rings. The Bertz CT molecular complexity index is 124. The second kappa shape index (κ2) is 1.29. The highest BCUT2D eigenvalue weighted by molar-refractivity contribution is 9.15. The first-order valence-electron chi connectivity index (χ1n) is 1.51. The van der Waals surface area contributed by atoms with Crippen LogP contribution in [0.25, 0.3) is 0 Å². The van der Waals surface area contributed by atoms with Gasteiger partial charge in [0.1, 0.15) is 0 Å². The van der Waals surface area contributed by atoms with E-state index in [-0.39, 0.29) is 8.96 Å². The molecule has 0 bridgehead atoms. The molecule has 0 aromatic carbocycles. The molecule has 0 saturated carbocycles. The van der Waals surface area contributed by atoms with Gasteiger partial charge in [0.25, 0.3) is 0 Å². The van der Waals surface area contributed by atoms with Gasteiger partial charge in [-0.3, -0.25) is 0 Å². The molecule has 0 atom stereocenters. The lowest BCUT2D eigenvalue weighted by Crippen LogP contribution is -1.90. The number of rotatable bonds is 0. The summed E-state index contributed by atoms with van der Waals surface area (Å²) in [6, 6.07) is 0. The molecule has 1 aliphatic rings. The number of alkyl halides is 2. The minimum absolute atomic E-state index is 0.0278. The molecule has 1 rings (SSSR count). The van der Waals surface area contributed by atoms with Crippen LogP contribution in [0.4, 0.5) is 8.78 Å². The third-order valence-corrected chi connectivity index (χ3v) is 3.00. The summed E-state index contributed by atoms with van der Waals surface area (Å²) < 4.78 is 23.4. The lowest BCUT2D eigenvalue weighted by Gasteiger charge is -1.85. The molecule has 0 aliphatic heterocycles. The summed E-state index contributed by atoms with van der Waals surface area (Å²) in [6.45, 7) is 0. The lowest BCUT2D eigenvalue weighted by atomic mass is 10.7. The van der Waals surface area contributed by atoms with Gasteiger partial charge in [-0.05, 0) is 31.9 Å². The van der Waals surface area contributed by atoms with Crippen LogP contribution in [0.5, 0.6) is 0 Å². The van der Waals surface area contributed by atoms with Crippen LogP contribution >= 0.6 is 31.9 Å². The molecule has 0 spiro atoms. The highest BCUT2D eigenvalue weighted by Gasteiger charge is 2.53. The molecular formula is C3Br2F2. The van der Waals surface area contributed by atoms with Crippen LogP contribution in [0.2, 0.25) is 0 Å². The van der Waals surface area contributed by atoms with Crippen molar-refractivity contribution >= 4 is 31.9 Å². The molecule has 7 heavy (non-hydrogen) atoms. The highest BCUT2D eigenvalue weighted by Crippen LogP contribution is 2.55. The standard InChI is InChI=1S/C3Br2F2/c4-1-2(5)3(1,6)7. The Balaban J connectivity index is 2.69. The predicted molar refractivity (Wildman–Crippen MR) is 29.8 cm³/mol. The van der Waals surface area contributed by atoms with Crippen LogP contribution in [0.3, 0.4) is 0 Å². The van der Waals surface area contributed by atoms with Crippen molar-refractivity contribution < 1.29 is 8.78 Å². The van der Waals surface area contributed by atoms with Gasteiger partial charge in [-0.1, -0.05) is 0 Å². The second-order valence-corrected chi connectivity index (χ2v) is 2.79. The summed E-state index contributed by atoms with van der Waals surface area (Å²) >= 11 is 5.30. The van der Waals surface area contributed by atoms with E-state index in [0.29, 0.717) is 0 Å². The number of hydrogen-bond donors (Lipinski definition) is 0. The Labute approximate surface area is 55.8 Å². The normalized spacial score (nSPS) is 25.7. The van der Waals surface area contributed by atoms with E-state index in [0.717, 1.165) is 0 Å². The topological polar surface area (TPSA) is 0 Å². The number of halogens is 4. The van der Waals surface area contributed by atoms with Gasteiger partial charge < -0.3 is 0 Å². The summed E-state index contributed by atoms with van der Waals surface area (Å²) in [4.78, 5) is 0. The van der Waals surface area contributed by atoms with Crippen molar-refractivity contribution in [2.24, 2.45) is 0 Å². The average molecular weight is 234 g/mol. The first-order chi connectivity index (χ1) is 3.07. The fourth-order valence-electron chi connectivity index (χ4n) is 0.184. The minimum atomic E-state index is -2.67. The fraction of sp³-hybridized carbons (Fsp3) is 0.333. The number of allylic oxidation sites excluding steroid dienone is 2. The van der Waals surface area contributed by atoms with Crippen molar-refractivity contribution in [2.45, 2.75) is 5.92 Å². The maximum absolute atomic E-state index is 11.8.